The number of aliphatic hydroxyl groups excluding tert-OH is 1. The molecule has 0 heterocycles. The van der Waals surface area contributed by atoms with Crippen molar-refractivity contribution in [3.8, 4) is 0 Å². The van der Waals surface area contributed by atoms with Crippen LogP contribution in [0.1, 0.15) is 5.56 Å². The van der Waals surface area contributed by atoms with Crippen LogP contribution in [-0.4, -0.2) is 30.6 Å². The van der Waals surface area contributed by atoms with Gasteiger partial charge in [-0.15, -0.1) is 0 Å². The molecule has 0 radical (unpaired) electrons. The first-order chi connectivity index (χ1) is 8.93. The van der Waals surface area contributed by atoms with Crippen LogP contribution in [0, 0.1) is 5.92 Å². The molecule has 0 aliphatic heterocycles. The summed E-state index contributed by atoms with van der Waals surface area (Å²) in [6.07, 6.45) is -5.54. The van der Waals surface area contributed by atoms with E-state index in [1.165, 1.54) is 0 Å². The fourth-order valence-electron chi connectivity index (χ4n) is 1.25. The van der Waals surface area contributed by atoms with Gasteiger partial charge in [0.15, 0.2) is 0 Å². The third-order valence-electron chi connectivity index (χ3n) is 2.38. The zero-order valence-electron chi connectivity index (χ0n) is 9.98. The van der Waals surface area contributed by atoms with E-state index >= 15 is 0 Å². The Kier molecular flexibility index (Phi) is 5.62. The van der Waals surface area contributed by atoms with Gasteiger partial charge in [-0.05, 0) is 5.56 Å². The van der Waals surface area contributed by atoms with Crippen molar-refractivity contribution >= 4 is 6.09 Å². The van der Waals surface area contributed by atoms with Crippen LogP contribution in [0.25, 0.3) is 0 Å². The molecule has 1 aromatic rings. The number of amides is 1. The highest BCUT2D eigenvalue weighted by atomic mass is 19.4. The second kappa shape index (κ2) is 6.98. The van der Waals surface area contributed by atoms with Crippen LogP contribution in [0.15, 0.2) is 30.3 Å². The van der Waals surface area contributed by atoms with Gasteiger partial charge in [0.1, 0.15) is 12.5 Å². The number of alkyl halides is 3. The molecule has 1 amide bonds. The van der Waals surface area contributed by atoms with Gasteiger partial charge in [0.25, 0.3) is 0 Å². The summed E-state index contributed by atoms with van der Waals surface area (Å²) in [5, 5.41) is 10.9. The lowest BCUT2D eigenvalue weighted by Gasteiger charge is -2.17. The van der Waals surface area contributed by atoms with Crippen molar-refractivity contribution in [2.75, 3.05) is 13.2 Å². The Morgan fingerprint density at radius 2 is 1.95 bits per heavy atom. The van der Waals surface area contributed by atoms with Gasteiger partial charge >= 0.3 is 12.3 Å². The molecule has 4 nitrogen and oxygen atoms in total. The topological polar surface area (TPSA) is 58.6 Å². The second-order valence-electron chi connectivity index (χ2n) is 3.86. The molecule has 0 aliphatic carbocycles. The molecule has 1 aromatic carbocycles. The first-order valence-corrected chi connectivity index (χ1v) is 5.55. The molecule has 1 atom stereocenters. The molecular weight excluding hydrogens is 263 g/mol. The van der Waals surface area contributed by atoms with E-state index in [1.54, 1.807) is 30.3 Å². The predicted octanol–water partition coefficient (Wildman–Crippen LogP) is 2.08. The minimum atomic E-state index is -4.59. The van der Waals surface area contributed by atoms with Crippen LogP contribution in [0.3, 0.4) is 0 Å². The number of ether oxygens (including phenoxy) is 1. The fourth-order valence-corrected chi connectivity index (χ4v) is 1.25. The number of hydrogen-bond acceptors (Lipinski definition) is 3. The predicted molar refractivity (Wildman–Crippen MR) is 61.3 cm³/mol. The van der Waals surface area contributed by atoms with Crippen molar-refractivity contribution < 1.29 is 27.8 Å². The largest absolute Gasteiger partial charge is 0.449 e. The number of halogens is 3. The lowest BCUT2D eigenvalue weighted by atomic mass is 10.2. The summed E-state index contributed by atoms with van der Waals surface area (Å²) in [4.78, 5) is 11.2. The molecule has 1 rings (SSSR count). The summed E-state index contributed by atoms with van der Waals surface area (Å²) in [6, 6.07) is 8.86. The molecule has 0 bridgehead atoms. The summed E-state index contributed by atoms with van der Waals surface area (Å²) in [5.74, 6) is -2.06. The van der Waals surface area contributed by atoms with Gasteiger partial charge < -0.3 is 15.2 Å². The van der Waals surface area contributed by atoms with E-state index in [-0.39, 0.29) is 6.54 Å². The minimum absolute atomic E-state index is 0.162. The first-order valence-electron chi connectivity index (χ1n) is 5.55. The quantitative estimate of drug-likeness (QED) is 0.866. The van der Waals surface area contributed by atoms with Crippen molar-refractivity contribution in [2.24, 2.45) is 5.92 Å². The normalized spacial score (nSPS) is 12.8. The third-order valence-corrected chi connectivity index (χ3v) is 2.38. The number of alkyl carbamates (subject to hydrolysis) is 1. The molecule has 0 aromatic heterocycles. The van der Waals surface area contributed by atoms with Gasteiger partial charge in [-0.3, -0.25) is 0 Å². The van der Waals surface area contributed by atoms with Crippen molar-refractivity contribution in [3.63, 3.8) is 0 Å². The number of hydrogen-bond donors (Lipinski definition) is 2. The highest BCUT2D eigenvalue weighted by Gasteiger charge is 2.40. The van der Waals surface area contributed by atoms with E-state index in [2.05, 4.69) is 10.1 Å². The van der Waals surface area contributed by atoms with Gasteiger partial charge in [-0.2, -0.15) is 13.2 Å². The van der Waals surface area contributed by atoms with Gasteiger partial charge in [-0.1, -0.05) is 30.3 Å². The van der Waals surface area contributed by atoms with Gasteiger partial charge in [0.2, 0.25) is 0 Å². The molecule has 0 aliphatic rings. The van der Waals surface area contributed by atoms with E-state index in [0.717, 1.165) is 5.56 Å². The van der Waals surface area contributed by atoms with Crippen LogP contribution in [0.4, 0.5) is 18.0 Å². The molecule has 0 spiro atoms. The maximum atomic E-state index is 12.2. The van der Waals surface area contributed by atoms with E-state index in [0.29, 0.717) is 0 Å². The highest BCUT2D eigenvalue weighted by molar-refractivity contribution is 5.67. The molecule has 106 valence electrons. The van der Waals surface area contributed by atoms with Crippen molar-refractivity contribution in [1.82, 2.24) is 5.32 Å². The lowest BCUT2D eigenvalue weighted by Crippen LogP contribution is -2.34. The summed E-state index contributed by atoms with van der Waals surface area (Å²) in [5.41, 5.74) is 0.800. The summed E-state index contributed by atoms with van der Waals surface area (Å²) in [7, 11) is 0. The summed E-state index contributed by atoms with van der Waals surface area (Å²) >= 11 is 0. The lowest BCUT2D eigenvalue weighted by molar-refractivity contribution is -0.192. The summed E-state index contributed by atoms with van der Waals surface area (Å²) in [6.45, 7) is -1.86. The molecule has 0 fully saturated rings. The van der Waals surface area contributed by atoms with E-state index in [9.17, 15) is 18.0 Å². The monoisotopic (exact) mass is 277 g/mol. The van der Waals surface area contributed by atoms with Gasteiger partial charge in [0.05, 0.1) is 6.61 Å². The number of carbonyl (C=O) groups is 1. The zero-order chi connectivity index (χ0) is 14.3. The molecule has 1 unspecified atom stereocenters. The smallest absolute Gasteiger partial charge is 0.407 e. The molecular formula is C12H14F3NO3. The maximum absolute atomic E-state index is 12.2. The zero-order valence-corrected chi connectivity index (χ0v) is 9.98. The Morgan fingerprint density at radius 1 is 1.32 bits per heavy atom. The van der Waals surface area contributed by atoms with Crippen molar-refractivity contribution in [1.29, 1.82) is 0 Å². The number of carbonyl (C=O) groups excluding carboxylic acids is 1. The van der Waals surface area contributed by atoms with Crippen molar-refractivity contribution in [2.45, 2.75) is 12.7 Å². The molecule has 0 saturated carbocycles. The Hall–Kier alpha value is -1.76. The number of benzene rings is 1. The maximum Gasteiger partial charge on any atom is 0.407 e. The molecule has 19 heavy (non-hydrogen) atoms. The first kappa shape index (κ1) is 15.3. The van der Waals surface area contributed by atoms with Gasteiger partial charge in [-0.25, -0.2) is 4.79 Å². The fraction of sp³-hybridized carbons (Fsp3) is 0.417. The average Bonchev–Trinajstić information content (AvgIpc) is 2.36. The van der Waals surface area contributed by atoms with E-state index in [4.69, 9.17) is 5.11 Å². The number of rotatable bonds is 5. The van der Waals surface area contributed by atoms with Crippen molar-refractivity contribution in [3.05, 3.63) is 35.9 Å². The minimum Gasteiger partial charge on any atom is -0.449 e. The Morgan fingerprint density at radius 3 is 2.47 bits per heavy atom. The van der Waals surface area contributed by atoms with Crippen LogP contribution in [-0.2, 0) is 11.3 Å². The van der Waals surface area contributed by atoms with Crippen LogP contribution in [0.2, 0.25) is 0 Å². The third kappa shape index (κ3) is 5.60. The second-order valence-corrected chi connectivity index (χ2v) is 3.86. The van der Waals surface area contributed by atoms with Crippen LogP contribution in [0.5, 0.6) is 0 Å². The Balaban J connectivity index is 2.32. The van der Waals surface area contributed by atoms with Crippen LogP contribution >= 0.6 is 0 Å². The van der Waals surface area contributed by atoms with E-state index < -0.39 is 31.4 Å². The molecule has 7 heteroatoms. The van der Waals surface area contributed by atoms with Crippen LogP contribution < -0.4 is 5.32 Å². The van der Waals surface area contributed by atoms with Gasteiger partial charge in [0, 0.05) is 6.54 Å². The summed E-state index contributed by atoms with van der Waals surface area (Å²) < 4.78 is 41.2. The Bertz CT molecular complexity index is 395. The Labute approximate surface area is 108 Å². The van der Waals surface area contributed by atoms with E-state index in [1.807, 2.05) is 0 Å². The number of nitrogens with one attached hydrogen (secondary N) is 1. The SMILES string of the molecule is O=C(NCc1ccccc1)OCC(CO)C(F)(F)F. The number of aliphatic hydroxyl groups is 1. The highest BCUT2D eigenvalue weighted by Crippen LogP contribution is 2.25. The average molecular weight is 277 g/mol. The molecule has 0 saturated heterocycles. The standard InChI is InChI=1S/C12H14F3NO3/c13-12(14,15)10(7-17)8-19-11(18)16-6-9-4-2-1-3-5-9/h1-5,10,17H,6-8H2,(H,16,18). The molecule has 2 N–H and O–H groups in total.